The molecule has 0 radical (unpaired) electrons. The standard InChI is InChI=1S/C9H11B/c1-3-8-4-6-9(10-2)7-5-8/h3-7,10H,1H2,2H3. The van der Waals surface area contributed by atoms with Crippen LogP contribution in [0.2, 0.25) is 6.82 Å². The summed E-state index contributed by atoms with van der Waals surface area (Å²) in [4.78, 5) is 0. The van der Waals surface area contributed by atoms with Crippen LogP contribution in [0.25, 0.3) is 6.08 Å². The predicted octanol–water partition coefficient (Wildman–Crippen LogP) is 1.44. The van der Waals surface area contributed by atoms with E-state index in [1.165, 1.54) is 11.0 Å². The van der Waals surface area contributed by atoms with Crippen molar-refractivity contribution in [3.05, 3.63) is 36.4 Å². The summed E-state index contributed by atoms with van der Waals surface area (Å²) in [5.41, 5.74) is 2.57. The van der Waals surface area contributed by atoms with Gasteiger partial charge in [0.2, 0.25) is 0 Å². The Bertz CT molecular complexity index is 211. The minimum atomic E-state index is 1.11. The summed E-state index contributed by atoms with van der Waals surface area (Å²) < 4.78 is 0. The molecule has 10 heavy (non-hydrogen) atoms. The number of benzene rings is 1. The van der Waals surface area contributed by atoms with E-state index in [2.05, 4.69) is 37.7 Å². The van der Waals surface area contributed by atoms with Crippen molar-refractivity contribution in [2.24, 2.45) is 0 Å². The first-order valence-electron chi connectivity index (χ1n) is 3.58. The second-order valence-corrected chi connectivity index (χ2v) is 2.30. The molecule has 1 aromatic carbocycles. The van der Waals surface area contributed by atoms with Crippen LogP contribution in [0.5, 0.6) is 0 Å². The van der Waals surface area contributed by atoms with Crippen LogP contribution in [0, 0.1) is 0 Å². The van der Waals surface area contributed by atoms with Crippen LogP contribution in [0.3, 0.4) is 0 Å². The lowest BCUT2D eigenvalue weighted by molar-refractivity contribution is 1.70. The van der Waals surface area contributed by atoms with Gasteiger partial charge in [-0.05, 0) is 5.56 Å². The summed E-state index contributed by atoms with van der Waals surface area (Å²) >= 11 is 0. The molecule has 0 unspecified atom stereocenters. The number of hydrogen-bond acceptors (Lipinski definition) is 0. The molecule has 1 aromatic rings. The highest BCUT2D eigenvalue weighted by Crippen LogP contribution is 1.96. The number of hydrogen-bond donors (Lipinski definition) is 0. The van der Waals surface area contributed by atoms with E-state index in [4.69, 9.17) is 0 Å². The summed E-state index contributed by atoms with van der Waals surface area (Å²) in [6.07, 6.45) is 1.86. The van der Waals surface area contributed by atoms with E-state index in [1.807, 2.05) is 6.08 Å². The lowest BCUT2D eigenvalue weighted by Crippen LogP contribution is -2.08. The summed E-state index contributed by atoms with van der Waals surface area (Å²) in [5.74, 6) is 0. The Morgan fingerprint density at radius 2 is 1.90 bits per heavy atom. The van der Waals surface area contributed by atoms with Crippen molar-refractivity contribution in [1.29, 1.82) is 0 Å². The molecule has 0 aromatic heterocycles. The maximum absolute atomic E-state index is 3.69. The van der Waals surface area contributed by atoms with Crippen LogP contribution in [0.1, 0.15) is 5.56 Å². The van der Waals surface area contributed by atoms with Crippen LogP contribution >= 0.6 is 0 Å². The quantitative estimate of drug-likeness (QED) is 0.531. The van der Waals surface area contributed by atoms with Crippen LogP contribution in [0.4, 0.5) is 0 Å². The van der Waals surface area contributed by atoms with Crippen molar-refractivity contribution < 1.29 is 0 Å². The first kappa shape index (κ1) is 7.14. The Hall–Kier alpha value is -0.975. The average Bonchev–Trinajstić information content (AvgIpc) is 2.05. The van der Waals surface area contributed by atoms with Gasteiger partial charge in [-0.2, -0.15) is 0 Å². The van der Waals surface area contributed by atoms with Crippen molar-refractivity contribution in [2.45, 2.75) is 6.82 Å². The van der Waals surface area contributed by atoms with Gasteiger partial charge in [-0.3, -0.25) is 0 Å². The predicted molar refractivity (Wildman–Crippen MR) is 49.2 cm³/mol. The first-order valence-corrected chi connectivity index (χ1v) is 3.58. The highest BCUT2D eigenvalue weighted by atomic mass is 13.9. The van der Waals surface area contributed by atoms with E-state index in [0.717, 1.165) is 7.28 Å². The van der Waals surface area contributed by atoms with E-state index >= 15 is 0 Å². The van der Waals surface area contributed by atoms with Crippen molar-refractivity contribution in [3.63, 3.8) is 0 Å². The smallest absolute Gasteiger partial charge is 0.0985 e. The SMILES string of the molecule is C=Cc1ccc(BC)cc1. The Morgan fingerprint density at radius 3 is 2.30 bits per heavy atom. The third-order valence-electron chi connectivity index (χ3n) is 1.62. The molecule has 0 heterocycles. The molecule has 0 amide bonds. The van der Waals surface area contributed by atoms with Gasteiger partial charge in [-0.1, -0.05) is 49.2 Å². The molecule has 0 fully saturated rings. The average molecular weight is 130 g/mol. The van der Waals surface area contributed by atoms with Crippen molar-refractivity contribution in [3.8, 4) is 0 Å². The summed E-state index contributed by atoms with van der Waals surface area (Å²) in [5, 5.41) is 0. The van der Waals surface area contributed by atoms with E-state index in [9.17, 15) is 0 Å². The molecule has 0 saturated carbocycles. The van der Waals surface area contributed by atoms with E-state index < -0.39 is 0 Å². The normalized spacial score (nSPS) is 8.90. The molecule has 0 bridgehead atoms. The minimum Gasteiger partial charge on any atom is -0.0985 e. The fourth-order valence-electron chi connectivity index (χ4n) is 0.889. The van der Waals surface area contributed by atoms with Gasteiger partial charge in [0.25, 0.3) is 0 Å². The summed E-state index contributed by atoms with van der Waals surface area (Å²) in [7, 11) is 1.11. The maximum atomic E-state index is 3.69. The highest BCUT2D eigenvalue weighted by molar-refractivity contribution is 6.51. The van der Waals surface area contributed by atoms with E-state index in [-0.39, 0.29) is 0 Å². The fraction of sp³-hybridized carbons (Fsp3) is 0.111. The number of rotatable bonds is 2. The highest BCUT2D eigenvalue weighted by Gasteiger charge is 1.87. The van der Waals surface area contributed by atoms with Crippen LogP contribution in [0.15, 0.2) is 30.8 Å². The third-order valence-corrected chi connectivity index (χ3v) is 1.62. The van der Waals surface area contributed by atoms with Crippen molar-refractivity contribution in [1.82, 2.24) is 0 Å². The van der Waals surface area contributed by atoms with Gasteiger partial charge in [0.15, 0.2) is 7.28 Å². The Morgan fingerprint density at radius 1 is 1.30 bits per heavy atom. The van der Waals surface area contributed by atoms with Gasteiger partial charge >= 0.3 is 0 Å². The second-order valence-electron chi connectivity index (χ2n) is 2.30. The topological polar surface area (TPSA) is 0 Å². The van der Waals surface area contributed by atoms with Gasteiger partial charge in [0, 0.05) is 0 Å². The maximum Gasteiger partial charge on any atom is 0.154 e. The lowest BCUT2D eigenvalue weighted by atomic mass is 9.73. The van der Waals surface area contributed by atoms with E-state index in [1.54, 1.807) is 0 Å². The zero-order valence-electron chi connectivity index (χ0n) is 6.30. The molecule has 0 spiro atoms. The molecule has 1 heteroatoms. The third kappa shape index (κ3) is 1.50. The van der Waals surface area contributed by atoms with Crippen LogP contribution in [-0.2, 0) is 0 Å². The molecular formula is C9H11B. The van der Waals surface area contributed by atoms with Gasteiger partial charge in [-0.15, -0.1) is 0 Å². The van der Waals surface area contributed by atoms with Crippen LogP contribution in [-0.4, -0.2) is 7.28 Å². The minimum absolute atomic E-state index is 1.11. The molecular weight excluding hydrogens is 119 g/mol. The monoisotopic (exact) mass is 130 g/mol. The zero-order chi connectivity index (χ0) is 7.40. The van der Waals surface area contributed by atoms with Crippen LogP contribution < -0.4 is 5.46 Å². The van der Waals surface area contributed by atoms with Gasteiger partial charge < -0.3 is 0 Å². The van der Waals surface area contributed by atoms with Crippen molar-refractivity contribution >= 4 is 18.8 Å². The Balaban J connectivity index is 2.90. The van der Waals surface area contributed by atoms with Gasteiger partial charge in [0.05, 0.1) is 0 Å². The molecule has 50 valence electrons. The lowest BCUT2D eigenvalue weighted by Gasteiger charge is -1.94. The summed E-state index contributed by atoms with van der Waals surface area (Å²) in [6.45, 7) is 5.84. The fourth-order valence-corrected chi connectivity index (χ4v) is 0.889. The molecule has 0 atom stereocenters. The largest absolute Gasteiger partial charge is 0.154 e. The van der Waals surface area contributed by atoms with Gasteiger partial charge in [-0.25, -0.2) is 0 Å². The molecule has 0 aliphatic heterocycles. The second kappa shape index (κ2) is 3.26. The molecule has 1 rings (SSSR count). The Kier molecular flexibility index (Phi) is 2.32. The molecule has 0 aliphatic carbocycles. The Labute approximate surface area is 62.8 Å². The molecule has 0 nitrogen and oxygen atoms in total. The van der Waals surface area contributed by atoms with E-state index in [0.29, 0.717) is 0 Å². The summed E-state index contributed by atoms with van der Waals surface area (Å²) in [6, 6.07) is 8.45. The van der Waals surface area contributed by atoms with Crippen molar-refractivity contribution in [2.75, 3.05) is 0 Å². The molecule has 0 saturated heterocycles. The molecule has 0 N–H and O–H groups in total. The van der Waals surface area contributed by atoms with Gasteiger partial charge in [0.1, 0.15) is 0 Å². The zero-order valence-corrected chi connectivity index (χ0v) is 6.30. The first-order chi connectivity index (χ1) is 4.86. The molecule has 0 aliphatic rings.